The molecule has 1 N–H and O–H groups in total. The van der Waals surface area contributed by atoms with Crippen LogP contribution in [-0.4, -0.2) is 77.0 Å². The van der Waals surface area contributed by atoms with E-state index in [2.05, 4.69) is 0 Å². The normalized spacial score (nSPS) is 14.7. The molecule has 0 atom stereocenters. The molecule has 1 aromatic rings. The van der Waals surface area contributed by atoms with Crippen molar-refractivity contribution in [2.24, 2.45) is 0 Å². The Morgan fingerprint density at radius 2 is 1.70 bits per heavy atom. The van der Waals surface area contributed by atoms with Crippen molar-refractivity contribution in [3.8, 4) is 0 Å². The number of nitrogens with zero attached hydrogens (tertiary/aromatic N) is 3. The highest BCUT2D eigenvalue weighted by Crippen LogP contribution is 2.13. The van der Waals surface area contributed by atoms with Crippen LogP contribution in [0.15, 0.2) is 16.7 Å². The molecule has 1 saturated heterocycles. The van der Waals surface area contributed by atoms with Crippen molar-refractivity contribution < 1.29 is 23.9 Å². The van der Waals surface area contributed by atoms with E-state index in [4.69, 9.17) is 9.52 Å². The maximum Gasteiger partial charge on any atom is 0.338 e. The first kappa shape index (κ1) is 16.9. The number of carboxylic acids is 1. The molecule has 8 nitrogen and oxygen atoms in total. The Bertz CT molecular complexity index is 586. The van der Waals surface area contributed by atoms with Crippen LogP contribution in [0.4, 0.5) is 4.79 Å². The van der Waals surface area contributed by atoms with Crippen molar-refractivity contribution >= 4 is 17.9 Å². The lowest BCUT2D eigenvalue weighted by molar-refractivity contribution is 0.0611. The molecule has 2 rings (SSSR count). The number of carbonyl (C=O) groups excluding carboxylic acids is 2. The predicted molar refractivity (Wildman–Crippen MR) is 81.5 cm³/mol. The number of furan rings is 1. The molecule has 1 fully saturated rings. The van der Waals surface area contributed by atoms with Gasteiger partial charge in [0.1, 0.15) is 6.26 Å². The van der Waals surface area contributed by atoms with E-state index in [0.717, 1.165) is 6.26 Å². The van der Waals surface area contributed by atoms with Gasteiger partial charge in [0.2, 0.25) is 0 Å². The number of piperazine rings is 1. The van der Waals surface area contributed by atoms with Crippen molar-refractivity contribution in [2.45, 2.75) is 13.8 Å². The van der Waals surface area contributed by atoms with Gasteiger partial charge < -0.3 is 24.2 Å². The molecule has 1 aliphatic heterocycles. The first-order valence-electron chi connectivity index (χ1n) is 7.62. The third-order valence-corrected chi connectivity index (χ3v) is 3.93. The Morgan fingerprint density at radius 3 is 2.17 bits per heavy atom. The number of carboxylic acid groups (broad SMARTS) is 1. The lowest BCUT2D eigenvalue weighted by Gasteiger charge is -2.36. The van der Waals surface area contributed by atoms with Gasteiger partial charge in [-0.15, -0.1) is 0 Å². The molecule has 0 bridgehead atoms. The second-order valence-electron chi connectivity index (χ2n) is 5.24. The second-order valence-corrected chi connectivity index (χ2v) is 5.24. The van der Waals surface area contributed by atoms with E-state index < -0.39 is 5.97 Å². The van der Waals surface area contributed by atoms with Crippen LogP contribution in [0.25, 0.3) is 0 Å². The maximum absolute atomic E-state index is 12.3. The van der Waals surface area contributed by atoms with Gasteiger partial charge in [-0.3, -0.25) is 4.79 Å². The zero-order chi connectivity index (χ0) is 17.0. The summed E-state index contributed by atoms with van der Waals surface area (Å²) in [6.07, 6.45) is 1.05. The van der Waals surface area contributed by atoms with E-state index in [1.54, 1.807) is 14.7 Å². The smallest absolute Gasteiger partial charge is 0.338 e. The monoisotopic (exact) mass is 323 g/mol. The standard InChI is InChI=1S/C15H21N3O5/c1-3-16(4-2)15(22)18-7-5-17(6-8-18)13(19)12-9-11(10-23-12)14(20)21/h9-10H,3-8H2,1-2H3,(H,20,21). The molecule has 0 unspecified atom stereocenters. The Balaban J connectivity index is 1.94. The molecule has 1 aliphatic rings. The molecule has 8 heteroatoms. The largest absolute Gasteiger partial charge is 0.478 e. The lowest BCUT2D eigenvalue weighted by Crippen LogP contribution is -2.54. The van der Waals surface area contributed by atoms with Crippen molar-refractivity contribution in [2.75, 3.05) is 39.3 Å². The number of amides is 3. The van der Waals surface area contributed by atoms with Crippen molar-refractivity contribution in [1.82, 2.24) is 14.7 Å². The van der Waals surface area contributed by atoms with Crippen LogP contribution in [0.1, 0.15) is 34.8 Å². The first-order valence-corrected chi connectivity index (χ1v) is 7.62. The van der Waals surface area contributed by atoms with Gasteiger partial charge in [-0.1, -0.05) is 0 Å². The van der Waals surface area contributed by atoms with Gasteiger partial charge in [-0.25, -0.2) is 9.59 Å². The molecule has 3 amide bonds. The maximum atomic E-state index is 12.3. The van der Waals surface area contributed by atoms with Crippen LogP contribution in [0, 0.1) is 0 Å². The summed E-state index contributed by atoms with van der Waals surface area (Å²) >= 11 is 0. The van der Waals surface area contributed by atoms with Crippen LogP contribution >= 0.6 is 0 Å². The lowest BCUT2D eigenvalue weighted by atomic mass is 10.2. The molecule has 0 saturated carbocycles. The minimum atomic E-state index is -1.14. The van der Waals surface area contributed by atoms with Crippen LogP contribution in [0.2, 0.25) is 0 Å². The van der Waals surface area contributed by atoms with Crippen LogP contribution in [0.5, 0.6) is 0 Å². The Labute approximate surface area is 134 Å². The average Bonchev–Trinajstić information content (AvgIpc) is 3.05. The molecule has 23 heavy (non-hydrogen) atoms. The molecule has 1 aromatic heterocycles. The number of hydrogen-bond donors (Lipinski definition) is 1. The molecule has 0 aliphatic carbocycles. The summed E-state index contributed by atoms with van der Waals surface area (Å²) in [6.45, 7) is 6.86. The van der Waals surface area contributed by atoms with E-state index in [9.17, 15) is 14.4 Å². The molecule has 126 valence electrons. The van der Waals surface area contributed by atoms with Gasteiger partial charge in [-0.05, 0) is 13.8 Å². The van der Waals surface area contributed by atoms with E-state index in [1.807, 2.05) is 13.8 Å². The van der Waals surface area contributed by atoms with Gasteiger partial charge in [0.25, 0.3) is 5.91 Å². The second kappa shape index (κ2) is 7.17. The summed E-state index contributed by atoms with van der Waals surface area (Å²) in [5.41, 5.74) is -0.0521. The first-order chi connectivity index (χ1) is 11.0. The topological polar surface area (TPSA) is 94.3 Å². The molecular weight excluding hydrogens is 302 g/mol. The summed E-state index contributed by atoms with van der Waals surface area (Å²) in [5.74, 6) is -1.49. The highest BCUT2D eigenvalue weighted by molar-refractivity contribution is 5.95. The zero-order valence-electron chi connectivity index (χ0n) is 13.3. The third-order valence-electron chi connectivity index (χ3n) is 3.93. The van der Waals surface area contributed by atoms with Crippen molar-refractivity contribution in [3.05, 3.63) is 23.7 Å². The highest BCUT2D eigenvalue weighted by atomic mass is 16.4. The summed E-state index contributed by atoms with van der Waals surface area (Å²) in [7, 11) is 0. The average molecular weight is 323 g/mol. The molecule has 2 heterocycles. The number of rotatable bonds is 4. The zero-order valence-corrected chi connectivity index (χ0v) is 13.3. The minimum absolute atomic E-state index is 0.00548. The quantitative estimate of drug-likeness (QED) is 0.898. The predicted octanol–water partition coefficient (Wildman–Crippen LogP) is 1.20. The summed E-state index contributed by atoms with van der Waals surface area (Å²) < 4.78 is 5.03. The van der Waals surface area contributed by atoms with Gasteiger partial charge in [0, 0.05) is 45.3 Å². The fraction of sp³-hybridized carbons (Fsp3) is 0.533. The SMILES string of the molecule is CCN(CC)C(=O)N1CCN(C(=O)c2cc(C(=O)O)co2)CC1. The molecular formula is C15H21N3O5. The number of hydrogen-bond acceptors (Lipinski definition) is 4. The fourth-order valence-electron chi connectivity index (χ4n) is 2.51. The minimum Gasteiger partial charge on any atom is -0.478 e. The van der Waals surface area contributed by atoms with Crippen LogP contribution < -0.4 is 0 Å². The Hall–Kier alpha value is -2.51. The number of carbonyl (C=O) groups is 3. The van der Waals surface area contributed by atoms with Crippen LogP contribution in [0.3, 0.4) is 0 Å². The van der Waals surface area contributed by atoms with Crippen molar-refractivity contribution in [1.29, 1.82) is 0 Å². The Kier molecular flexibility index (Phi) is 5.25. The molecule has 0 aromatic carbocycles. The van der Waals surface area contributed by atoms with Gasteiger partial charge in [0.15, 0.2) is 5.76 Å². The van der Waals surface area contributed by atoms with Gasteiger partial charge in [0.05, 0.1) is 5.56 Å². The Morgan fingerprint density at radius 1 is 1.13 bits per heavy atom. The van der Waals surface area contributed by atoms with Gasteiger partial charge >= 0.3 is 12.0 Å². The summed E-state index contributed by atoms with van der Waals surface area (Å²) in [6, 6.07) is 1.20. The third kappa shape index (κ3) is 3.64. The fourth-order valence-corrected chi connectivity index (χ4v) is 2.51. The van der Waals surface area contributed by atoms with E-state index in [1.165, 1.54) is 6.07 Å². The molecule has 0 spiro atoms. The number of urea groups is 1. The summed E-state index contributed by atoms with van der Waals surface area (Å²) in [4.78, 5) is 40.4. The van der Waals surface area contributed by atoms with E-state index in [-0.39, 0.29) is 23.3 Å². The van der Waals surface area contributed by atoms with E-state index >= 15 is 0 Å². The molecule has 0 radical (unpaired) electrons. The van der Waals surface area contributed by atoms with Crippen molar-refractivity contribution in [3.63, 3.8) is 0 Å². The number of aromatic carboxylic acids is 1. The van der Waals surface area contributed by atoms with Crippen LogP contribution in [-0.2, 0) is 0 Å². The van der Waals surface area contributed by atoms with Gasteiger partial charge in [-0.2, -0.15) is 0 Å². The van der Waals surface area contributed by atoms with E-state index in [0.29, 0.717) is 39.3 Å². The highest BCUT2D eigenvalue weighted by Gasteiger charge is 2.28. The summed E-state index contributed by atoms with van der Waals surface area (Å²) in [5, 5.41) is 8.85.